The summed E-state index contributed by atoms with van der Waals surface area (Å²) in [6.07, 6.45) is 1.45. The quantitative estimate of drug-likeness (QED) is 0.575. The van der Waals surface area contributed by atoms with Gasteiger partial charge in [0.25, 0.3) is 0 Å². The van der Waals surface area contributed by atoms with Crippen molar-refractivity contribution in [3.63, 3.8) is 0 Å². The molecule has 0 radical (unpaired) electrons. The van der Waals surface area contributed by atoms with Crippen molar-refractivity contribution in [3.8, 4) is 0 Å². The zero-order valence-corrected chi connectivity index (χ0v) is 6.04. The van der Waals surface area contributed by atoms with E-state index in [2.05, 4.69) is 4.74 Å². The van der Waals surface area contributed by atoms with Gasteiger partial charge in [0.1, 0.15) is 0 Å². The van der Waals surface area contributed by atoms with Gasteiger partial charge in [0.2, 0.25) is 0 Å². The Morgan fingerprint density at radius 1 is 1.70 bits per heavy atom. The molecule has 1 rings (SSSR count). The molecule has 0 saturated heterocycles. The standard InChI is InChI=1S/C7H12O3/c1-10-7(9)3-5-2-6(5)4-8/h5-6,8H,2-4H2,1H3. The van der Waals surface area contributed by atoms with E-state index in [1.54, 1.807) is 0 Å². The zero-order valence-electron chi connectivity index (χ0n) is 6.04. The predicted octanol–water partition coefficient (Wildman–Crippen LogP) is 0.178. The average molecular weight is 144 g/mol. The van der Waals surface area contributed by atoms with Crippen LogP contribution in [-0.2, 0) is 9.53 Å². The Balaban J connectivity index is 2.11. The molecule has 2 atom stereocenters. The molecule has 0 heterocycles. The highest BCUT2D eigenvalue weighted by Crippen LogP contribution is 2.40. The number of hydrogen-bond donors (Lipinski definition) is 1. The fraction of sp³-hybridized carbons (Fsp3) is 0.857. The van der Waals surface area contributed by atoms with Crippen LogP contribution in [0.1, 0.15) is 12.8 Å². The second-order valence-electron chi connectivity index (χ2n) is 2.72. The third kappa shape index (κ3) is 1.70. The fourth-order valence-corrected chi connectivity index (χ4v) is 1.08. The number of ether oxygens (including phenoxy) is 1. The van der Waals surface area contributed by atoms with Gasteiger partial charge >= 0.3 is 5.97 Å². The van der Waals surface area contributed by atoms with Crippen LogP contribution in [0, 0.1) is 11.8 Å². The summed E-state index contributed by atoms with van der Waals surface area (Å²) in [7, 11) is 1.39. The van der Waals surface area contributed by atoms with Gasteiger partial charge in [-0.15, -0.1) is 0 Å². The van der Waals surface area contributed by atoms with E-state index < -0.39 is 0 Å². The Labute approximate surface area is 60.0 Å². The van der Waals surface area contributed by atoms with Crippen LogP contribution in [0.2, 0.25) is 0 Å². The monoisotopic (exact) mass is 144 g/mol. The van der Waals surface area contributed by atoms with Crippen molar-refractivity contribution in [2.45, 2.75) is 12.8 Å². The molecule has 0 aliphatic heterocycles. The van der Waals surface area contributed by atoms with Crippen LogP contribution in [0.15, 0.2) is 0 Å². The van der Waals surface area contributed by atoms with E-state index >= 15 is 0 Å². The highest BCUT2D eigenvalue weighted by atomic mass is 16.5. The summed E-state index contributed by atoms with van der Waals surface area (Å²) in [5.74, 6) is 0.581. The van der Waals surface area contributed by atoms with Crippen LogP contribution in [0.4, 0.5) is 0 Å². The number of esters is 1. The van der Waals surface area contributed by atoms with Gasteiger partial charge < -0.3 is 9.84 Å². The summed E-state index contributed by atoms with van der Waals surface area (Å²) in [6, 6.07) is 0. The summed E-state index contributed by atoms with van der Waals surface area (Å²) >= 11 is 0. The second-order valence-corrected chi connectivity index (χ2v) is 2.72. The molecule has 0 bridgehead atoms. The largest absolute Gasteiger partial charge is 0.469 e. The number of rotatable bonds is 3. The topological polar surface area (TPSA) is 46.5 Å². The summed E-state index contributed by atoms with van der Waals surface area (Å²) in [6.45, 7) is 0.210. The molecular formula is C7H12O3. The van der Waals surface area contributed by atoms with Crippen molar-refractivity contribution in [3.05, 3.63) is 0 Å². The lowest BCUT2D eigenvalue weighted by molar-refractivity contribution is -0.141. The number of carbonyl (C=O) groups excluding carboxylic acids is 1. The highest BCUT2D eigenvalue weighted by Gasteiger charge is 2.37. The molecule has 1 N–H and O–H groups in total. The van der Waals surface area contributed by atoms with Gasteiger partial charge in [0.15, 0.2) is 0 Å². The lowest BCUT2D eigenvalue weighted by Crippen LogP contribution is -2.02. The van der Waals surface area contributed by atoms with E-state index in [9.17, 15) is 4.79 Å². The molecule has 3 heteroatoms. The lowest BCUT2D eigenvalue weighted by Gasteiger charge is -1.95. The fourth-order valence-electron chi connectivity index (χ4n) is 1.08. The molecule has 10 heavy (non-hydrogen) atoms. The number of hydrogen-bond acceptors (Lipinski definition) is 3. The molecule has 1 fully saturated rings. The normalized spacial score (nSPS) is 29.8. The second kappa shape index (κ2) is 3.01. The third-order valence-corrected chi connectivity index (χ3v) is 1.96. The minimum atomic E-state index is -0.166. The van der Waals surface area contributed by atoms with Gasteiger partial charge in [-0.25, -0.2) is 0 Å². The Morgan fingerprint density at radius 3 is 2.80 bits per heavy atom. The van der Waals surface area contributed by atoms with E-state index in [1.165, 1.54) is 7.11 Å². The summed E-state index contributed by atoms with van der Waals surface area (Å²) in [5.41, 5.74) is 0. The first kappa shape index (κ1) is 7.54. The lowest BCUT2D eigenvalue weighted by atomic mass is 10.2. The van der Waals surface area contributed by atoms with Crippen molar-refractivity contribution in [1.29, 1.82) is 0 Å². The molecular weight excluding hydrogens is 132 g/mol. The van der Waals surface area contributed by atoms with Crippen molar-refractivity contribution in [2.24, 2.45) is 11.8 Å². The van der Waals surface area contributed by atoms with Gasteiger partial charge in [-0.05, 0) is 18.3 Å². The highest BCUT2D eigenvalue weighted by molar-refractivity contribution is 5.69. The summed E-state index contributed by atoms with van der Waals surface area (Å²) < 4.78 is 4.47. The molecule has 0 spiro atoms. The first-order valence-corrected chi connectivity index (χ1v) is 3.45. The number of methoxy groups -OCH3 is 1. The van der Waals surface area contributed by atoms with Crippen LogP contribution in [0.3, 0.4) is 0 Å². The van der Waals surface area contributed by atoms with Crippen LogP contribution in [0.25, 0.3) is 0 Å². The maximum atomic E-state index is 10.6. The molecule has 1 saturated carbocycles. The Bertz CT molecular complexity index is 133. The van der Waals surface area contributed by atoms with Crippen molar-refractivity contribution in [1.82, 2.24) is 0 Å². The predicted molar refractivity (Wildman–Crippen MR) is 35.3 cm³/mol. The molecule has 1 aliphatic rings. The molecule has 0 aromatic heterocycles. The van der Waals surface area contributed by atoms with Gasteiger partial charge in [-0.1, -0.05) is 0 Å². The molecule has 0 amide bonds. The van der Waals surface area contributed by atoms with Gasteiger partial charge in [0, 0.05) is 13.0 Å². The maximum absolute atomic E-state index is 10.6. The van der Waals surface area contributed by atoms with Crippen LogP contribution < -0.4 is 0 Å². The summed E-state index contributed by atoms with van der Waals surface area (Å²) in [5, 5.41) is 8.61. The first-order valence-electron chi connectivity index (χ1n) is 3.45. The van der Waals surface area contributed by atoms with Crippen LogP contribution in [-0.4, -0.2) is 24.8 Å². The molecule has 0 aromatic rings. The van der Waals surface area contributed by atoms with E-state index in [-0.39, 0.29) is 12.6 Å². The average Bonchev–Trinajstić information content (AvgIpc) is 2.67. The third-order valence-electron chi connectivity index (χ3n) is 1.96. The smallest absolute Gasteiger partial charge is 0.305 e. The van der Waals surface area contributed by atoms with E-state index in [1.807, 2.05) is 0 Å². The molecule has 2 unspecified atom stereocenters. The SMILES string of the molecule is COC(=O)CC1CC1CO. The summed E-state index contributed by atoms with van der Waals surface area (Å²) in [4.78, 5) is 10.6. The van der Waals surface area contributed by atoms with Crippen molar-refractivity contribution >= 4 is 5.97 Å². The molecule has 0 aromatic carbocycles. The van der Waals surface area contributed by atoms with E-state index in [0.29, 0.717) is 18.3 Å². The van der Waals surface area contributed by atoms with Crippen molar-refractivity contribution < 1.29 is 14.6 Å². The number of aliphatic hydroxyl groups excluding tert-OH is 1. The Morgan fingerprint density at radius 2 is 2.40 bits per heavy atom. The van der Waals surface area contributed by atoms with Crippen molar-refractivity contribution in [2.75, 3.05) is 13.7 Å². The first-order chi connectivity index (χ1) is 4.77. The van der Waals surface area contributed by atoms with E-state index in [0.717, 1.165) is 6.42 Å². The Hall–Kier alpha value is -0.570. The molecule has 58 valence electrons. The number of carbonyl (C=O) groups is 1. The van der Waals surface area contributed by atoms with Crippen LogP contribution in [0.5, 0.6) is 0 Å². The van der Waals surface area contributed by atoms with Gasteiger partial charge in [-0.3, -0.25) is 4.79 Å². The Kier molecular flexibility index (Phi) is 2.27. The minimum Gasteiger partial charge on any atom is -0.469 e. The minimum absolute atomic E-state index is 0.166. The maximum Gasteiger partial charge on any atom is 0.305 e. The number of aliphatic hydroxyl groups is 1. The molecule has 1 aliphatic carbocycles. The van der Waals surface area contributed by atoms with Gasteiger partial charge in [-0.2, -0.15) is 0 Å². The molecule has 3 nitrogen and oxygen atoms in total. The van der Waals surface area contributed by atoms with Gasteiger partial charge in [0.05, 0.1) is 7.11 Å². The zero-order chi connectivity index (χ0) is 7.56. The van der Waals surface area contributed by atoms with E-state index in [4.69, 9.17) is 5.11 Å². The van der Waals surface area contributed by atoms with Crippen LogP contribution >= 0.6 is 0 Å².